The summed E-state index contributed by atoms with van der Waals surface area (Å²) in [5.41, 5.74) is 2.19. The molecule has 3 N–H and O–H groups in total. The Balaban J connectivity index is 1.71. The highest BCUT2D eigenvalue weighted by atomic mass is 16.4. The van der Waals surface area contributed by atoms with Crippen LogP contribution in [0, 0.1) is 11.8 Å². The molecule has 1 fully saturated rings. The molecule has 2 aromatic rings. The van der Waals surface area contributed by atoms with Crippen LogP contribution in [0.1, 0.15) is 41.8 Å². The lowest BCUT2D eigenvalue weighted by Gasteiger charge is -2.46. The van der Waals surface area contributed by atoms with Gasteiger partial charge in [-0.15, -0.1) is 0 Å². The summed E-state index contributed by atoms with van der Waals surface area (Å²) in [5.74, 6) is -2.36. The average Bonchev–Trinajstić information content (AvgIpc) is 2.80. The van der Waals surface area contributed by atoms with E-state index in [0.717, 1.165) is 30.6 Å². The van der Waals surface area contributed by atoms with Crippen molar-refractivity contribution in [3.63, 3.8) is 0 Å². The molecule has 1 aliphatic rings. The number of carbonyl (C=O) groups is 3. The lowest BCUT2D eigenvalue weighted by atomic mass is 9.67. The van der Waals surface area contributed by atoms with E-state index in [1.165, 1.54) is 0 Å². The number of carboxylic acids is 2. The van der Waals surface area contributed by atoms with Crippen LogP contribution in [0.2, 0.25) is 0 Å². The number of hydrogen-bond acceptors (Lipinski definition) is 4. The predicted octanol–water partition coefficient (Wildman–Crippen LogP) is 3.04. The number of rotatable bonds is 9. The largest absolute Gasteiger partial charge is 0.480 e. The van der Waals surface area contributed by atoms with Gasteiger partial charge >= 0.3 is 11.9 Å². The highest BCUT2D eigenvalue weighted by Crippen LogP contribution is 2.39. The van der Waals surface area contributed by atoms with Crippen molar-refractivity contribution in [3.05, 3.63) is 71.3 Å². The molecule has 2 aromatic carbocycles. The lowest BCUT2D eigenvalue weighted by Crippen LogP contribution is -2.50. The summed E-state index contributed by atoms with van der Waals surface area (Å²) in [6.07, 6.45) is 1.38. The van der Waals surface area contributed by atoms with Crippen molar-refractivity contribution in [2.75, 3.05) is 26.2 Å². The summed E-state index contributed by atoms with van der Waals surface area (Å²) in [6, 6.07) is 16.9. The number of nitrogens with one attached hydrogen (secondary N) is 1. The molecule has 0 aliphatic carbocycles. The molecule has 176 valence electrons. The van der Waals surface area contributed by atoms with Gasteiger partial charge in [-0.2, -0.15) is 0 Å². The van der Waals surface area contributed by atoms with Gasteiger partial charge in [0.25, 0.3) is 0 Å². The van der Waals surface area contributed by atoms with E-state index in [1.54, 1.807) is 18.2 Å². The minimum Gasteiger partial charge on any atom is -0.480 e. The highest BCUT2D eigenvalue weighted by Gasteiger charge is 2.39. The molecule has 1 aliphatic heterocycles. The van der Waals surface area contributed by atoms with Gasteiger partial charge < -0.3 is 20.4 Å². The summed E-state index contributed by atoms with van der Waals surface area (Å²) in [5, 5.41) is 20.9. The summed E-state index contributed by atoms with van der Waals surface area (Å²) >= 11 is 0. The summed E-state index contributed by atoms with van der Waals surface area (Å²) < 4.78 is 0. The van der Waals surface area contributed by atoms with E-state index in [2.05, 4.69) is 24.1 Å². The molecule has 0 unspecified atom stereocenters. The molecular formula is C26H32N2O5. The standard InChI is InChI=1S/C26H32N2O5/c1-18-16-28(12-11-26(18,2)22-10-6-9-20(14-22)25(32)33)17-21(24(31)27-15-23(29)30)13-19-7-4-3-5-8-19/h3-10,14,18,21H,11-13,15-17H2,1-2H3,(H,27,31)(H,29,30)(H,32,33)/t18-,21-,26+/m0/s1. The van der Waals surface area contributed by atoms with Crippen molar-refractivity contribution in [1.82, 2.24) is 10.2 Å². The van der Waals surface area contributed by atoms with Crippen molar-refractivity contribution in [2.45, 2.75) is 32.1 Å². The molecule has 0 radical (unpaired) electrons. The number of piperidine rings is 1. The van der Waals surface area contributed by atoms with Gasteiger partial charge in [0.15, 0.2) is 0 Å². The van der Waals surface area contributed by atoms with Crippen LogP contribution in [-0.2, 0) is 21.4 Å². The lowest BCUT2D eigenvalue weighted by molar-refractivity contribution is -0.138. The van der Waals surface area contributed by atoms with E-state index in [1.807, 2.05) is 36.4 Å². The van der Waals surface area contributed by atoms with Crippen molar-refractivity contribution in [2.24, 2.45) is 11.8 Å². The fourth-order valence-corrected chi connectivity index (χ4v) is 4.68. The first-order valence-corrected chi connectivity index (χ1v) is 11.3. The molecule has 0 spiro atoms. The number of amides is 1. The third-order valence-corrected chi connectivity index (χ3v) is 6.92. The molecule has 0 saturated carbocycles. The third kappa shape index (κ3) is 6.20. The SMILES string of the molecule is C[C@H]1CN(C[C@H](Cc2ccccc2)C(=O)NCC(=O)O)CC[C@@]1(C)c1cccc(C(=O)O)c1. The van der Waals surface area contributed by atoms with E-state index >= 15 is 0 Å². The fourth-order valence-electron chi connectivity index (χ4n) is 4.68. The molecule has 7 heteroatoms. The van der Waals surface area contributed by atoms with Crippen LogP contribution in [0.15, 0.2) is 54.6 Å². The minimum absolute atomic E-state index is 0.164. The number of likely N-dealkylation sites (tertiary alicyclic amines) is 1. The number of carboxylic acid groups (broad SMARTS) is 2. The van der Waals surface area contributed by atoms with Gasteiger partial charge in [-0.1, -0.05) is 56.3 Å². The monoisotopic (exact) mass is 452 g/mol. The van der Waals surface area contributed by atoms with Crippen LogP contribution < -0.4 is 5.32 Å². The normalized spacial score (nSPS) is 21.8. The van der Waals surface area contributed by atoms with Gasteiger partial charge in [-0.3, -0.25) is 9.59 Å². The maximum absolute atomic E-state index is 12.8. The van der Waals surface area contributed by atoms with E-state index < -0.39 is 18.5 Å². The molecule has 3 rings (SSSR count). The number of benzene rings is 2. The first kappa shape index (κ1) is 24.5. The Morgan fingerprint density at radius 1 is 1.12 bits per heavy atom. The predicted molar refractivity (Wildman–Crippen MR) is 125 cm³/mol. The van der Waals surface area contributed by atoms with E-state index in [-0.39, 0.29) is 23.2 Å². The maximum Gasteiger partial charge on any atom is 0.335 e. The number of hydrogen-bond donors (Lipinski definition) is 3. The van der Waals surface area contributed by atoms with Gasteiger partial charge in [0.05, 0.1) is 11.5 Å². The van der Waals surface area contributed by atoms with Crippen LogP contribution in [0.3, 0.4) is 0 Å². The molecule has 1 amide bonds. The second kappa shape index (κ2) is 10.6. The van der Waals surface area contributed by atoms with Gasteiger partial charge in [-0.25, -0.2) is 4.79 Å². The Hall–Kier alpha value is -3.19. The molecular weight excluding hydrogens is 420 g/mol. The zero-order chi connectivity index (χ0) is 24.0. The van der Waals surface area contributed by atoms with Crippen LogP contribution in [-0.4, -0.2) is 59.1 Å². The van der Waals surface area contributed by atoms with Gasteiger partial charge in [-0.05, 0) is 54.0 Å². The second-order valence-electron chi connectivity index (χ2n) is 9.21. The second-order valence-corrected chi connectivity index (χ2v) is 9.21. The highest BCUT2D eigenvalue weighted by molar-refractivity contribution is 5.87. The van der Waals surface area contributed by atoms with Crippen molar-refractivity contribution in [3.8, 4) is 0 Å². The maximum atomic E-state index is 12.8. The topological polar surface area (TPSA) is 107 Å². The van der Waals surface area contributed by atoms with Gasteiger partial charge in [0, 0.05) is 13.1 Å². The van der Waals surface area contributed by atoms with Crippen molar-refractivity contribution < 1.29 is 24.6 Å². The number of aromatic carboxylic acids is 1. The van der Waals surface area contributed by atoms with E-state index in [9.17, 15) is 19.5 Å². The quantitative estimate of drug-likeness (QED) is 0.540. The Labute approximate surface area is 194 Å². The van der Waals surface area contributed by atoms with Crippen LogP contribution in [0.25, 0.3) is 0 Å². The molecule has 0 aromatic heterocycles. The summed E-state index contributed by atoms with van der Waals surface area (Å²) in [4.78, 5) is 37.4. The molecule has 3 atom stereocenters. The smallest absolute Gasteiger partial charge is 0.335 e. The molecule has 1 saturated heterocycles. The molecule has 7 nitrogen and oxygen atoms in total. The number of carbonyl (C=O) groups excluding carboxylic acids is 1. The molecule has 1 heterocycles. The van der Waals surface area contributed by atoms with Gasteiger partial charge in [0.1, 0.15) is 6.54 Å². The summed E-state index contributed by atoms with van der Waals surface area (Å²) in [7, 11) is 0. The summed E-state index contributed by atoms with van der Waals surface area (Å²) in [6.45, 7) is 6.03. The van der Waals surface area contributed by atoms with Gasteiger partial charge in [0.2, 0.25) is 5.91 Å². The first-order chi connectivity index (χ1) is 15.7. The Kier molecular flexibility index (Phi) is 7.87. The fraction of sp³-hybridized carbons (Fsp3) is 0.423. The Bertz CT molecular complexity index is 993. The van der Waals surface area contributed by atoms with Crippen LogP contribution in [0.5, 0.6) is 0 Å². The molecule has 0 bridgehead atoms. The van der Waals surface area contributed by atoms with E-state index in [4.69, 9.17) is 5.11 Å². The third-order valence-electron chi connectivity index (χ3n) is 6.92. The average molecular weight is 453 g/mol. The Morgan fingerprint density at radius 3 is 2.48 bits per heavy atom. The van der Waals surface area contributed by atoms with Crippen molar-refractivity contribution >= 4 is 17.8 Å². The molecule has 33 heavy (non-hydrogen) atoms. The minimum atomic E-state index is -1.06. The zero-order valence-electron chi connectivity index (χ0n) is 19.2. The number of nitrogens with zero attached hydrogens (tertiary/aromatic N) is 1. The number of aliphatic carboxylic acids is 1. The van der Waals surface area contributed by atoms with Crippen LogP contribution in [0.4, 0.5) is 0 Å². The zero-order valence-corrected chi connectivity index (χ0v) is 19.2. The Morgan fingerprint density at radius 2 is 1.85 bits per heavy atom. The van der Waals surface area contributed by atoms with E-state index in [0.29, 0.717) is 18.5 Å². The van der Waals surface area contributed by atoms with Crippen LogP contribution >= 0.6 is 0 Å². The van der Waals surface area contributed by atoms with Crippen molar-refractivity contribution in [1.29, 1.82) is 0 Å². The first-order valence-electron chi connectivity index (χ1n) is 11.3.